The molecule has 0 saturated carbocycles. The molecule has 1 heterocycles. The first kappa shape index (κ1) is 15.5. The summed E-state index contributed by atoms with van der Waals surface area (Å²) >= 11 is 0. The number of nitrogens with two attached hydrogens (primary N) is 1. The number of methoxy groups -OCH3 is 1. The quantitative estimate of drug-likeness (QED) is 0.919. The maximum Gasteiger partial charge on any atom is 0.0724 e. The molecule has 1 aliphatic heterocycles. The molecule has 0 bridgehead atoms. The zero-order valence-electron chi connectivity index (χ0n) is 13.2. The SMILES string of the molecule is COC1CN(C(CN)c2cccc(C)c2C)CCC1C. The van der Waals surface area contributed by atoms with E-state index >= 15 is 0 Å². The Balaban J connectivity index is 2.22. The van der Waals surface area contributed by atoms with Crippen molar-refractivity contribution in [3.8, 4) is 0 Å². The molecule has 3 nitrogen and oxygen atoms in total. The van der Waals surface area contributed by atoms with Crippen molar-refractivity contribution < 1.29 is 4.74 Å². The van der Waals surface area contributed by atoms with Gasteiger partial charge in [0.25, 0.3) is 0 Å². The fourth-order valence-electron chi connectivity index (χ4n) is 3.26. The minimum absolute atomic E-state index is 0.306. The third-order valence-electron chi connectivity index (χ3n) is 4.89. The van der Waals surface area contributed by atoms with E-state index < -0.39 is 0 Å². The van der Waals surface area contributed by atoms with Crippen LogP contribution in [0.1, 0.15) is 36.1 Å². The van der Waals surface area contributed by atoms with E-state index in [1.54, 1.807) is 0 Å². The van der Waals surface area contributed by atoms with Gasteiger partial charge in [-0.05, 0) is 49.4 Å². The van der Waals surface area contributed by atoms with Crippen LogP contribution in [0.2, 0.25) is 0 Å². The van der Waals surface area contributed by atoms with Gasteiger partial charge in [0.2, 0.25) is 0 Å². The Kier molecular flexibility index (Phi) is 5.19. The largest absolute Gasteiger partial charge is 0.380 e. The van der Waals surface area contributed by atoms with Gasteiger partial charge in [0, 0.05) is 26.2 Å². The number of benzene rings is 1. The van der Waals surface area contributed by atoms with E-state index in [0.29, 0.717) is 24.6 Å². The van der Waals surface area contributed by atoms with Gasteiger partial charge >= 0.3 is 0 Å². The van der Waals surface area contributed by atoms with Gasteiger partial charge in [-0.2, -0.15) is 0 Å². The van der Waals surface area contributed by atoms with Crippen LogP contribution in [-0.2, 0) is 4.74 Å². The molecule has 0 aliphatic carbocycles. The lowest BCUT2D eigenvalue weighted by Crippen LogP contribution is -2.47. The average molecular weight is 276 g/mol. The van der Waals surface area contributed by atoms with E-state index in [2.05, 4.69) is 43.9 Å². The van der Waals surface area contributed by atoms with Crippen molar-refractivity contribution in [2.24, 2.45) is 11.7 Å². The molecule has 1 aliphatic rings. The van der Waals surface area contributed by atoms with Gasteiger partial charge in [-0.1, -0.05) is 25.1 Å². The molecule has 0 amide bonds. The Hall–Kier alpha value is -0.900. The molecule has 1 fully saturated rings. The van der Waals surface area contributed by atoms with Gasteiger partial charge in [0.1, 0.15) is 0 Å². The van der Waals surface area contributed by atoms with Crippen LogP contribution in [0.3, 0.4) is 0 Å². The van der Waals surface area contributed by atoms with Gasteiger partial charge in [0.15, 0.2) is 0 Å². The molecule has 2 N–H and O–H groups in total. The summed E-state index contributed by atoms with van der Waals surface area (Å²) < 4.78 is 5.64. The second-order valence-corrected chi connectivity index (χ2v) is 6.08. The van der Waals surface area contributed by atoms with Gasteiger partial charge in [0.05, 0.1) is 6.10 Å². The number of aryl methyl sites for hydroxylation is 1. The third-order valence-corrected chi connectivity index (χ3v) is 4.89. The van der Waals surface area contributed by atoms with E-state index in [0.717, 1.165) is 13.1 Å². The van der Waals surface area contributed by atoms with E-state index in [-0.39, 0.29) is 0 Å². The molecule has 0 spiro atoms. The third kappa shape index (κ3) is 3.05. The van der Waals surface area contributed by atoms with Crippen LogP contribution in [0.5, 0.6) is 0 Å². The average Bonchev–Trinajstić information content (AvgIpc) is 2.45. The lowest BCUT2D eigenvalue weighted by molar-refractivity contribution is -0.0184. The normalized spacial score (nSPS) is 25.6. The zero-order valence-corrected chi connectivity index (χ0v) is 13.2. The molecule has 3 unspecified atom stereocenters. The summed E-state index contributed by atoms with van der Waals surface area (Å²) in [5, 5.41) is 0. The molecule has 1 saturated heterocycles. The standard InChI is InChI=1S/C17H28N2O/c1-12-6-5-7-15(14(12)3)16(10-18)19-9-8-13(2)17(11-19)20-4/h5-7,13,16-17H,8-11,18H2,1-4H3. The highest BCUT2D eigenvalue weighted by molar-refractivity contribution is 5.35. The highest BCUT2D eigenvalue weighted by atomic mass is 16.5. The number of likely N-dealkylation sites (tertiary alicyclic amines) is 1. The Bertz CT molecular complexity index is 447. The summed E-state index contributed by atoms with van der Waals surface area (Å²) in [6.07, 6.45) is 1.50. The molecule has 0 radical (unpaired) electrons. The smallest absolute Gasteiger partial charge is 0.0724 e. The van der Waals surface area contributed by atoms with E-state index in [4.69, 9.17) is 10.5 Å². The number of ether oxygens (including phenoxy) is 1. The highest BCUT2D eigenvalue weighted by Crippen LogP contribution is 2.30. The first-order chi connectivity index (χ1) is 9.58. The number of hydrogen-bond acceptors (Lipinski definition) is 3. The van der Waals surface area contributed by atoms with Gasteiger partial charge in [-0.15, -0.1) is 0 Å². The summed E-state index contributed by atoms with van der Waals surface area (Å²) in [4.78, 5) is 2.50. The van der Waals surface area contributed by atoms with Gasteiger partial charge in [-0.25, -0.2) is 0 Å². The lowest BCUT2D eigenvalue weighted by Gasteiger charge is -2.41. The highest BCUT2D eigenvalue weighted by Gasteiger charge is 2.30. The minimum Gasteiger partial charge on any atom is -0.380 e. The zero-order chi connectivity index (χ0) is 14.7. The summed E-state index contributed by atoms with van der Waals surface area (Å²) in [7, 11) is 1.82. The fourth-order valence-corrected chi connectivity index (χ4v) is 3.26. The minimum atomic E-state index is 0.306. The van der Waals surface area contributed by atoms with Gasteiger partial charge < -0.3 is 10.5 Å². The summed E-state index contributed by atoms with van der Waals surface area (Å²) in [5.74, 6) is 0.633. The van der Waals surface area contributed by atoms with Crippen molar-refractivity contribution >= 4 is 0 Å². The van der Waals surface area contributed by atoms with Crippen molar-refractivity contribution in [2.45, 2.75) is 39.3 Å². The van der Waals surface area contributed by atoms with Crippen molar-refractivity contribution in [3.05, 3.63) is 34.9 Å². The molecule has 2 rings (SSSR count). The Morgan fingerprint density at radius 3 is 2.80 bits per heavy atom. The van der Waals surface area contributed by atoms with Crippen LogP contribution >= 0.6 is 0 Å². The number of nitrogens with zero attached hydrogens (tertiary/aromatic N) is 1. The summed E-state index contributed by atoms with van der Waals surface area (Å²) in [6.45, 7) is 9.40. The first-order valence-electron chi connectivity index (χ1n) is 7.61. The van der Waals surface area contributed by atoms with Crippen molar-refractivity contribution in [3.63, 3.8) is 0 Å². The van der Waals surface area contributed by atoms with Crippen molar-refractivity contribution in [2.75, 3.05) is 26.7 Å². The number of rotatable bonds is 4. The molecule has 3 atom stereocenters. The van der Waals surface area contributed by atoms with Gasteiger partial charge in [-0.3, -0.25) is 4.90 Å². The maximum absolute atomic E-state index is 6.09. The van der Waals surface area contributed by atoms with E-state index in [1.807, 2.05) is 7.11 Å². The second kappa shape index (κ2) is 6.70. The molecule has 112 valence electrons. The summed E-state index contributed by atoms with van der Waals surface area (Å²) in [6, 6.07) is 6.84. The molecule has 0 aromatic heterocycles. The Labute approximate surface area is 123 Å². The topological polar surface area (TPSA) is 38.5 Å². The van der Waals surface area contributed by atoms with Crippen LogP contribution < -0.4 is 5.73 Å². The molecule has 20 heavy (non-hydrogen) atoms. The van der Waals surface area contributed by atoms with E-state index in [9.17, 15) is 0 Å². The maximum atomic E-state index is 6.09. The summed E-state index contributed by atoms with van der Waals surface area (Å²) in [5.41, 5.74) is 10.2. The molecular formula is C17H28N2O. The van der Waals surface area contributed by atoms with Crippen molar-refractivity contribution in [1.82, 2.24) is 4.90 Å². The van der Waals surface area contributed by atoms with Crippen LogP contribution in [0.15, 0.2) is 18.2 Å². The second-order valence-electron chi connectivity index (χ2n) is 6.08. The Morgan fingerprint density at radius 2 is 2.15 bits per heavy atom. The molecule has 3 heteroatoms. The number of piperidine rings is 1. The van der Waals surface area contributed by atoms with Crippen LogP contribution in [0.4, 0.5) is 0 Å². The predicted molar refractivity (Wildman–Crippen MR) is 83.9 cm³/mol. The number of hydrogen-bond donors (Lipinski definition) is 1. The molecular weight excluding hydrogens is 248 g/mol. The van der Waals surface area contributed by atoms with Crippen molar-refractivity contribution in [1.29, 1.82) is 0 Å². The first-order valence-corrected chi connectivity index (χ1v) is 7.61. The Morgan fingerprint density at radius 1 is 1.40 bits per heavy atom. The fraction of sp³-hybridized carbons (Fsp3) is 0.647. The van der Waals surface area contributed by atoms with Crippen LogP contribution in [0, 0.1) is 19.8 Å². The van der Waals surface area contributed by atoms with E-state index in [1.165, 1.54) is 23.1 Å². The van der Waals surface area contributed by atoms with Crippen LogP contribution in [-0.4, -0.2) is 37.7 Å². The molecule has 1 aromatic rings. The lowest BCUT2D eigenvalue weighted by atomic mass is 9.91. The molecule has 1 aromatic carbocycles. The van der Waals surface area contributed by atoms with Crippen LogP contribution in [0.25, 0.3) is 0 Å². The predicted octanol–water partition coefficient (Wildman–Crippen LogP) is 2.66. The monoisotopic (exact) mass is 276 g/mol.